The van der Waals surface area contributed by atoms with Crippen LogP contribution in [0.4, 0.5) is 0 Å². The molecule has 1 heterocycles. The maximum atomic E-state index is 11.5. The number of ether oxygens (including phenoxy) is 1. The smallest absolute Gasteiger partial charge is 0.329 e. The van der Waals surface area contributed by atoms with Gasteiger partial charge in [-0.15, -0.1) is 0 Å². The zero-order chi connectivity index (χ0) is 12.6. The summed E-state index contributed by atoms with van der Waals surface area (Å²) in [6.45, 7) is 5.43. The lowest BCUT2D eigenvalue weighted by atomic mass is 9.80. The van der Waals surface area contributed by atoms with Gasteiger partial charge in [0, 0.05) is 26.8 Å². The van der Waals surface area contributed by atoms with E-state index in [2.05, 4.69) is 0 Å². The molecule has 1 unspecified atom stereocenters. The Morgan fingerprint density at radius 2 is 1.94 bits per heavy atom. The van der Waals surface area contributed by atoms with E-state index in [9.17, 15) is 14.7 Å². The number of carboxylic acids is 1. The molecule has 0 spiro atoms. The van der Waals surface area contributed by atoms with E-state index in [1.165, 1.54) is 18.9 Å². The minimum Gasteiger partial charge on any atom is -0.479 e. The third-order valence-corrected chi connectivity index (χ3v) is 3.24. The van der Waals surface area contributed by atoms with Gasteiger partial charge in [-0.3, -0.25) is 4.79 Å². The summed E-state index contributed by atoms with van der Waals surface area (Å²) in [5.41, 5.74) is -1.64. The van der Waals surface area contributed by atoms with Gasteiger partial charge < -0.3 is 14.7 Å². The molecule has 5 nitrogen and oxygen atoms in total. The van der Waals surface area contributed by atoms with Gasteiger partial charge in [-0.2, -0.15) is 0 Å². The first-order chi connectivity index (χ1) is 7.21. The molecule has 0 aromatic rings. The van der Waals surface area contributed by atoms with E-state index in [1.54, 1.807) is 0 Å². The molecule has 0 saturated carbocycles. The second kappa shape index (κ2) is 4.05. The van der Waals surface area contributed by atoms with Gasteiger partial charge in [0.15, 0.2) is 0 Å². The van der Waals surface area contributed by atoms with Crippen molar-refractivity contribution < 1.29 is 19.4 Å². The standard InChI is InChI=1S/C11H19NO4/c1-8(13)12(4)11(9(14)15)5-6-16-10(2,3)7-11/h5-7H2,1-4H3,(H,14,15). The number of hydrogen-bond acceptors (Lipinski definition) is 3. The number of aliphatic carboxylic acids is 1. The quantitative estimate of drug-likeness (QED) is 0.763. The highest BCUT2D eigenvalue weighted by Gasteiger charge is 2.50. The number of rotatable bonds is 2. The van der Waals surface area contributed by atoms with Crippen molar-refractivity contribution in [2.24, 2.45) is 0 Å². The number of carbonyl (C=O) groups is 2. The highest BCUT2D eigenvalue weighted by Crippen LogP contribution is 2.36. The van der Waals surface area contributed by atoms with Crippen LogP contribution in [0.5, 0.6) is 0 Å². The molecule has 1 atom stereocenters. The molecule has 0 aromatic carbocycles. The largest absolute Gasteiger partial charge is 0.479 e. The van der Waals surface area contributed by atoms with Crippen molar-refractivity contribution in [3.8, 4) is 0 Å². The maximum absolute atomic E-state index is 11.5. The Morgan fingerprint density at radius 3 is 2.31 bits per heavy atom. The Labute approximate surface area is 95.4 Å². The van der Waals surface area contributed by atoms with E-state index in [4.69, 9.17) is 4.74 Å². The lowest BCUT2D eigenvalue weighted by molar-refractivity contribution is -0.175. The molecule has 1 aliphatic heterocycles. The molecule has 5 heteroatoms. The molecule has 1 amide bonds. The summed E-state index contributed by atoms with van der Waals surface area (Å²) >= 11 is 0. The van der Waals surface area contributed by atoms with Crippen LogP contribution in [-0.2, 0) is 14.3 Å². The minimum absolute atomic E-state index is 0.236. The Morgan fingerprint density at radius 1 is 1.38 bits per heavy atom. The Kier molecular flexibility index (Phi) is 3.28. The fraction of sp³-hybridized carbons (Fsp3) is 0.818. The van der Waals surface area contributed by atoms with Crippen LogP contribution in [-0.4, -0.2) is 46.7 Å². The highest BCUT2D eigenvalue weighted by atomic mass is 16.5. The van der Waals surface area contributed by atoms with Crippen LogP contribution >= 0.6 is 0 Å². The van der Waals surface area contributed by atoms with E-state index in [1.807, 2.05) is 13.8 Å². The minimum atomic E-state index is -1.13. The number of carbonyl (C=O) groups excluding carboxylic acids is 1. The number of nitrogens with zero attached hydrogens (tertiary/aromatic N) is 1. The van der Waals surface area contributed by atoms with Crippen molar-refractivity contribution in [2.75, 3.05) is 13.7 Å². The molecule has 1 N–H and O–H groups in total. The third-order valence-electron chi connectivity index (χ3n) is 3.24. The molecule has 0 aliphatic carbocycles. The summed E-state index contributed by atoms with van der Waals surface area (Å²) in [6, 6.07) is 0. The SMILES string of the molecule is CC(=O)N(C)C1(C(=O)O)CCOC(C)(C)C1. The highest BCUT2D eigenvalue weighted by molar-refractivity contribution is 5.86. The Bertz CT molecular complexity index is 313. The van der Waals surface area contributed by atoms with Crippen molar-refractivity contribution in [3.63, 3.8) is 0 Å². The zero-order valence-electron chi connectivity index (χ0n) is 10.2. The molecule has 16 heavy (non-hydrogen) atoms. The zero-order valence-corrected chi connectivity index (χ0v) is 10.2. The van der Waals surface area contributed by atoms with Crippen LogP contribution in [0.2, 0.25) is 0 Å². The van der Waals surface area contributed by atoms with E-state index in [0.717, 1.165) is 0 Å². The molecular formula is C11H19NO4. The summed E-state index contributed by atoms with van der Waals surface area (Å²) in [5, 5.41) is 9.39. The van der Waals surface area contributed by atoms with Crippen LogP contribution in [0.3, 0.4) is 0 Å². The van der Waals surface area contributed by atoms with Gasteiger partial charge in [0.05, 0.1) is 12.2 Å². The topological polar surface area (TPSA) is 66.8 Å². The fourth-order valence-electron chi connectivity index (χ4n) is 2.25. The van der Waals surface area contributed by atoms with Gasteiger partial charge in [-0.1, -0.05) is 0 Å². The van der Waals surface area contributed by atoms with Crippen LogP contribution in [0.25, 0.3) is 0 Å². The van der Waals surface area contributed by atoms with Crippen LogP contribution in [0.15, 0.2) is 0 Å². The summed E-state index contributed by atoms with van der Waals surface area (Å²) in [4.78, 5) is 24.2. The average Bonchev–Trinajstić information content (AvgIpc) is 2.14. The molecule has 0 aromatic heterocycles. The summed E-state index contributed by atoms with van der Waals surface area (Å²) < 4.78 is 5.50. The summed E-state index contributed by atoms with van der Waals surface area (Å²) in [6.07, 6.45) is 0.646. The van der Waals surface area contributed by atoms with Crippen molar-refractivity contribution in [3.05, 3.63) is 0 Å². The van der Waals surface area contributed by atoms with Crippen molar-refractivity contribution in [1.29, 1.82) is 0 Å². The Hall–Kier alpha value is -1.10. The van der Waals surface area contributed by atoms with E-state index in [0.29, 0.717) is 19.4 Å². The molecule has 0 bridgehead atoms. The molecule has 92 valence electrons. The third kappa shape index (κ3) is 2.19. The predicted octanol–water partition coefficient (Wildman–Crippen LogP) is 0.877. The second-order valence-electron chi connectivity index (χ2n) is 4.95. The lowest BCUT2D eigenvalue weighted by Crippen LogP contribution is -2.61. The maximum Gasteiger partial charge on any atom is 0.329 e. The Balaban J connectivity index is 3.06. The first-order valence-electron chi connectivity index (χ1n) is 5.33. The number of hydrogen-bond donors (Lipinski definition) is 1. The monoisotopic (exact) mass is 229 g/mol. The van der Waals surface area contributed by atoms with Gasteiger partial charge in [0.1, 0.15) is 5.54 Å². The van der Waals surface area contributed by atoms with Gasteiger partial charge in [0.25, 0.3) is 0 Å². The van der Waals surface area contributed by atoms with Gasteiger partial charge in [-0.05, 0) is 13.8 Å². The van der Waals surface area contributed by atoms with Crippen LogP contribution in [0.1, 0.15) is 33.6 Å². The van der Waals surface area contributed by atoms with Gasteiger partial charge in [0.2, 0.25) is 5.91 Å². The molecule has 0 radical (unpaired) electrons. The number of amides is 1. The lowest BCUT2D eigenvalue weighted by Gasteiger charge is -2.46. The van der Waals surface area contributed by atoms with E-state index >= 15 is 0 Å². The number of likely N-dealkylation sites (N-methyl/N-ethyl adjacent to an activating group) is 1. The van der Waals surface area contributed by atoms with Gasteiger partial charge in [-0.25, -0.2) is 4.79 Å². The fourth-order valence-corrected chi connectivity index (χ4v) is 2.25. The van der Waals surface area contributed by atoms with Crippen molar-refractivity contribution >= 4 is 11.9 Å². The number of carboxylic acid groups (broad SMARTS) is 1. The first kappa shape index (κ1) is 13.0. The second-order valence-corrected chi connectivity index (χ2v) is 4.95. The van der Waals surface area contributed by atoms with E-state index < -0.39 is 17.1 Å². The van der Waals surface area contributed by atoms with Crippen molar-refractivity contribution in [2.45, 2.75) is 44.8 Å². The summed E-state index contributed by atoms with van der Waals surface area (Å²) in [7, 11) is 1.54. The molecular weight excluding hydrogens is 210 g/mol. The van der Waals surface area contributed by atoms with Crippen LogP contribution in [0, 0.1) is 0 Å². The van der Waals surface area contributed by atoms with Gasteiger partial charge >= 0.3 is 5.97 Å². The molecule has 1 fully saturated rings. The molecule has 1 aliphatic rings. The van der Waals surface area contributed by atoms with E-state index in [-0.39, 0.29) is 5.91 Å². The molecule has 1 saturated heterocycles. The average molecular weight is 229 g/mol. The normalized spacial score (nSPS) is 28.5. The predicted molar refractivity (Wildman–Crippen MR) is 58.1 cm³/mol. The van der Waals surface area contributed by atoms with Crippen LogP contribution < -0.4 is 0 Å². The molecule has 1 rings (SSSR count). The first-order valence-corrected chi connectivity index (χ1v) is 5.33. The van der Waals surface area contributed by atoms with Crippen molar-refractivity contribution in [1.82, 2.24) is 4.90 Å². The summed E-state index contributed by atoms with van der Waals surface area (Å²) in [5.74, 6) is -1.19.